The molecule has 2 N–H and O–H groups in total. The average Bonchev–Trinajstić information content (AvgIpc) is 3.07. The van der Waals surface area contributed by atoms with E-state index in [0.29, 0.717) is 12.4 Å². The van der Waals surface area contributed by atoms with Crippen molar-refractivity contribution in [1.82, 2.24) is 35.5 Å². The number of carbonyl (C=O) groups is 1. The minimum atomic E-state index is -0.0735. The van der Waals surface area contributed by atoms with Crippen LogP contribution in [0.5, 0.6) is 0 Å². The fourth-order valence-electron chi connectivity index (χ4n) is 2.31. The Morgan fingerprint density at radius 1 is 1.42 bits per heavy atom. The van der Waals surface area contributed by atoms with Crippen molar-refractivity contribution in [3.63, 3.8) is 0 Å². The zero-order valence-corrected chi connectivity index (χ0v) is 10.5. The summed E-state index contributed by atoms with van der Waals surface area (Å²) in [6, 6.07) is 0. The van der Waals surface area contributed by atoms with Crippen molar-refractivity contribution in [2.45, 2.75) is 38.8 Å². The van der Waals surface area contributed by atoms with Crippen LogP contribution in [-0.4, -0.2) is 36.1 Å². The second kappa shape index (κ2) is 5.17. The van der Waals surface area contributed by atoms with Crippen LogP contribution in [-0.2, 0) is 30.7 Å². The fraction of sp³-hybridized carbons (Fsp3) is 0.545. The molecule has 0 unspecified atom stereocenters. The molecule has 2 aromatic heterocycles. The van der Waals surface area contributed by atoms with Gasteiger partial charge in [0.25, 0.3) is 0 Å². The standard InChI is InChI=1S/C11H15N7O/c19-11(12-5-10-14-16-17-15-10)6-18-7-13-8-3-1-2-4-9(8)18/h7H,1-6H2,(H,12,19)(H,14,15,16,17). The normalized spacial score (nSPS) is 14.1. The number of nitrogens with zero attached hydrogens (tertiary/aromatic N) is 5. The summed E-state index contributed by atoms with van der Waals surface area (Å²) in [5, 5.41) is 16.1. The third-order valence-electron chi connectivity index (χ3n) is 3.26. The zero-order valence-electron chi connectivity index (χ0n) is 10.5. The Bertz CT molecular complexity index is 560. The van der Waals surface area contributed by atoms with E-state index >= 15 is 0 Å². The highest BCUT2D eigenvalue weighted by Crippen LogP contribution is 2.19. The molecule has 0 saturated carbocycles. The highest BCUT2D eigenvalue weighted by atomic mass is 16.1. The van der Waals surface area contributed by atoms with Crippen LogP contribution in [0.15, 0.2) is 6.33 Å². The van der Waals surface area contributed by atoms with E-state index < -0.39 is 0 Å². The van der Waals surface area contributed by atoms with Crippen LogP contribution >= 0.6 is 0 Å². The van der Waals surface area contributed by atoms with E-state index in [4.69, 9.17) is 0 Å². The number of hydrogen-bond donors (Lipinski definition) is 2. The van der Waals surface area contributed by atoms with Crippen molar-refractivity contribution in [2.75, 3.05) is 0 Å². The molecule has 0 bridgehead atoms. The van der Waals surface area contributed by atoms with Gasteiger partial charge in [-0.25, -0.2) is 4.98 Å². The molecule has 100 valence electrons. The van der Waals surface area contributed by atoms with Gasteiger partial charge in [-0.3, -0.25) is 4.79 Å². The molecule has 0 fully saturated rings. The summed E-state index contributed by atoms with van der Waals surface area (Å²) < 4.78 is 1.93. The second-order valence-electron chi connectivity index (χ2n) is 4.58. The maximum Gasteiger partial charge on any atom is 0.240 e. The fourth-order valence-corrected chi connectivity index (χ4v) is 2.31. The Kier molecular flexibility index (Phi) is 3.21. The first-order valence-corrected chi connectivity index (χ1v) is 6.35. The van der Waals surface area contributed by atoms with Gasteiger partial charge >= 0.3 is 0 Å². The third kappa shape index (κ3) is 2.61. The molecule has 0 aliphatic heterocycles. The smallest absolute Gasteiger partial charge is 0.240 e. The molecule has 3 rings (SSSR count). The molecule has 1 amide bonds. The lowest BCUT2D eigenvalue weighted by Gasteiger charge is -2.13. The monoisotopic (exact) mass is 261 g/mol. The summed E-state index contributed by atoms with van der Waals surface area (Å²) in [5.74, 6) is 0.400. The lowest BCUT2D eigenvalue weighted by Crippen LogP contribution is -2.28. The summed E-state index contributed by atoms with van der Waals surface area (Å²) in [6.45, 7) is 0.576. The van der Waals surface area contributed by atoms with Gasteiger partial charge in [0.05, 0.1) is 18.6 Å². The van der Waals surface area contributed by atoms with Crippen LogP contribution in [0.4, 0.5) is 0 Å². The van der Waals surface area contributed by atoms with Crippen molar-refractivity contribution in [1.29, 1.82) is 0 Å². The molecule has 0 spiro atoms. The molecule has 0 atom stereocenters. The minimum Gasteiger partial charge on any atom is -0.347 e. The first-order chi connectivity index (χ1) is 9.33. The number of fused-ring (bicyclic) bond motifs is 1. The zero-order chi connectivity index (χ0) is 13.1. The number of imidazole rings is 1. The van der Waals surface area contributed by atoms with Crippen molar-refractivity contribution >= 4 is 5.91 Å². The lowest BCUT2D eigenvalue weighted by molar-refractivity contribution is -0.121. The van der Waals surface area contributed by atoms with E-state index in [9.17, 15) is 4.79 Å². The molecule has 8 nitrogen and oxygen atoms in total. The number of carbonyl (C=O) groups excluding carboxylic acids is 1. The van der Waals surface area contributed by atoms with Crippen LogP contribution in [0.2, 0.25) is 0 Å². The van der Waals surface area contributed by atoms with E-state index in [0.717, 1.165) is 18.5 Å². The topological polar surface area (TPSA) is 101 Å². The number of rotatable bonds is 4. The summed E-state index contributed by atoms with van der Waals surface area (Å²) in [7, 11) is 0. The molecule has 0 radical (unpaired) electrons. The van der Waals surface area contributed by atoms with Gasteiger partial charge < -0.3 is 9.88 Å². The van der Waals surface area contributed by atoms with E-state index in [2.05, 4.69) is 30.9 Å². The average molecular weight is 261 g/mol. The van der Waals surface area contributed by atoms with E-state index in [-0.39, 0.29) is 12.5 Å². The van der Waals surface area contributed by atoms with Gasteiger partial charge in [0, 0.05) is 5.69 Å². The molecule has 0 saturated heterocycles. The Labute approximate surface area is 109 Å². The van der Waals surface area contributed by atoms with Gasteiger partial charge in [0.1, 0.15) is 6.54 Å². The number of hydrogen-bond acceptors (Lipinski definition) is 5. The molecule has 2 aromatic rings. The number of nitrogens with one attached hydrogen (secondary N) is 2. The van der Waals surface area contributed by atoms with Gasteiger partial charge in [0.2, 0.25) is 5.91 Å². The quantitative estimate of drug-likeness (QED) is 0.779. The van der Waals surface area contributed by atoms with Crippen molar-refractivity contribution < 1.29 is 4.79 Å². The number of aromatic amines is 1. The molecule has 8 heteroatoms. The van der Waals surface area contributed by atoms with Crippen LogP contribution < -0.4 is 5.32 Å². The van der Waals surface area contributed by atoms with Crippen molar-refractivity contribution in [3.8, 4) is 0 Å². The maximum atomic E-state index is 11.8. The summed E-state index contributed by atoms with van der Waals surface area (Å²) >= 11 is 0. The Balaban J connectivity index is 1.58. The first-order valence-electron chi connectivity index (χ1n) is 6.35. The van der Waals surface area contributed by atoms with Gasteiger partial charge in [-0.2, -0.15) is 5.21 Å². The molecule has 19 heavy (non-hydrogen) atoms. The number of aryl methyl sites for hydroxylation is 1. The molecule has 1 aliphatic carbocycles. The highest BCUT2D eigenvalue weighted by Gasteiger charge is 2.16. The molecule has 2 heterocycles. The molecular formula is C11H15N7O. The largest absolute Gasteiger partial charge is 0.347 e. The van der Waals surface area contributed by atoms with Crippen LogP contribution in [0, 0.1) is 0 Å². The maximum absolute atomic E-state index is 11.8. The molecular weight excluding hydrogens is 246 g/mol. The Morgan fingerprint density at radius 3 is 3.16 bits per heavy atom. The Hall–Kier alpha value is -2.25. The number of aromatic nitrogens is 6. The third-order valence-corrected chi connectivity index (χ3v) is 3.26. The summed E-state index contributed by atoms with van der Waals surface area (Å²) in [4.78, 5) is 16.2. The van der Waals surface area contributed by atoms with E-state index in [1.165, 1.54) is 18.5 Å². The molecule has 0 aromatic carbocycles. The SMILES string of the molecule is O=C(Cn1cnc2c1CCCC2)NCc1nn[nH]n1. The number of tetrazole rings is 1. The second-order valence-corrected chi connectivity index (χ2v) is 4.58. The van der Waals surface area contributed by atoms with Gasteiger partial charge in [-0.15, -0.1) is 10.2 Å². The minimum absolute atomic E-state index is 0.0735. The summed E-state index contributed by atoms with van der Waals surface area (Å²) in [6.07, 6.45) is 6.14. The Morgan fingerprint density at radius 2 is 2.32 bits per heavy atom. The molecule has 1 aliphatic rings. The predicted molar refractivity (Wildman–Crippen MR) is 64.9 cm³/mol. The summed E-state index contributed by atoms with van der Waals surface area (Å²) in [5.41, 5.74) is 2.33. The van der Waals surface area contributed by atoms with E-state index in [1.807, 2.05) is 4.57 Å². The lowest BCUT2D eigenvalue weighted by atomic mass is 10.0. The number of amides is 1. The van der Waals surface area contributed by atoms with Gasteiger partial charge in [-0.1, -0.05) is 5.21 Å². The van der Waals surface area contributed by atoms with Gasteiger partial charge in [0.15, 0.2) is 5.82 Å². The van der Waals surface area contributed by atoms with Crippen LogP contribution in [0.3, 0.4) is 0 Å². The highest BCUT2D eigenvalue weighted by molar-refractivity contribution is 5.75. The van der Waals surface area contributed by atoms with E-state index in [1.54, 1.807) is 6.33 Å². The van der Waals surface area contributed by atoms with Crippen molar-refractivity contribution in [2.24, 2.45) is 0 Å². The first kappa shape index (κ1) is 11.8. The van der Waals surface area contributed by atoms with Gasteiger partial charge in [-0.05, 0) is 25.7 Å². The van der Waals surface area contributed by atoms with Crippen molar-refractivity contribution in [3.05, 3.63) is 23.5 Å². The van der Waals surface area contributed by atoms with Crippen LogP contribution in [0.25, 0.3) is 0 Å². The van der Waals surface area contributed by atoms with Crippen LogP contribution in [0.1, 0.15) is 30.1 Å². The number of H-pyrrole nitrogens is 1. The predicted octanol–water partition coefficient (Wildman–Crippen LogP) is -0.409.